The first-order valence-electron chi connectivity index (χ1n) is 9.25. The molecule has 0 spiro atoms. The molecule has 8 heteroatoms. The third kappa shape index (κ3) is 4.60. The predicted molar refractivity (Wildman–Crippen MR) is 117 cm³/mol. The van der Waals surface area contributed by atoms with Crippen molar-refractivity contribution in [3.63, 3.8) is 0 Å². The maximum absolute atomic E-state index is 12.5. The summed E-state index contributed by atoms with van der Waals surface area (Å²) in [7, 11) is 0. The fourth-order valence-electron chi connectivity index (χ4n) is 3.17. The highest BCUT2D eigenvalue weighted by atomic mass is 35.5. The molecule has 0 saturated carbocycles. The quantitative estimate of drug-likeness (QED) is 0.651. The van der Waals surface area contributed by atoms with Crippen LogP contribution < -0.4 is 10.2 Å². The van der Waals surface area contributed by atoms with E-state index < -0.39 is 0 Å². The van der Waals surface area contributed by atoms with Crippen LogP contribution in [-0.4, -0.2) is 47.3 Å². The van der Waals surface area contributed by atoms with E-state index in [4.69, 9.17) is 23.2 Å². The number of nitrogens with one attached hydrogen (secondary N) is 1. The molecule has 1 aromatic heterocycles. The number of aromatic nitrogens is 2. The van der Waals surface area contributed by atoms with Crippen LogP contribution in [0.15, 0.2) is 60.7 Å². The van der Waals surface area contributed by atoms with Gasteiger partial charge in [-0.25, -0.2) is 4.79 Å². The molecule has 1 saturated heterocycles. The van der Waals surface area contributed by atoms with E-state index in [0.717, 1.165) is 17.1 Å². The van der Waals surface area contributed by atoms with E-state index in [9.17, 15) is 4.79 Å². The molecule has 0 atom stereocenters. The number of carbonyl (C=O) groups is 1. The van der Waals surface area contributed by atoms with Crippen LogP contribution in [0.2, 0.25) is 10.0 Å². The Morgan fingerprint density at radius 3 is 2.28 bits per heavy atom. The van der Waals surface area contributed by atoms with Gasteiger partial charge in [-0.15, -0.1) is 10.2 Å². The zero-order valence-corrected chi connectivity index (χ0v) is 17.1. The summed E-state index contributed by atoms with van der Waals surface area (Å²) in [6, 6.07) is 18.8. The molecule has 2 aromatic carbocycles. The Balaban J connectivity index is 1.34. The number of urea groups is 1. The Kier molecular flexibility index (Phi) is 5.83. The van der Waals surface area contributed by atoms with Crippen molar-refractivity contribution in [2.45, 2.75) is 0 Å². The number of benzene rings is 2. The van der Waals surface area contributed by atoms with Crippen molar-refractivity contribution >= 4 is 40.7 Å². The normalized spacial score (nSPS) is 14.0. The van der Waals surface area contributed by atoms with Crippen molar-refractivity contribution in [2.24, 2.45) is 0 Å². The highest BCUT2D eigenvalue weighted by Crippen LogP contribution is 2.25. The topological polar surface area (TPSA) is 61.4 Å². The van der Waals surface area contributed by atoms with Crippen LogP contribution in [0.25, 0.3) is 11.3 Å². The van der Waals surface area contributed by atoms with E-state index in [0.29, 0.717) is 41.9 Å². The molecule has 2 heterocycles. The minimum absolute atomic E-state index is 0.159. The minimum atomic E-state index is -0.159. The van der Waals surface area contributed by atoms with Crippen LogP contribution in [0.3, 0.4) is 0 Å². The van der Waals surface area contributed by atoms with Crippen LogP contribution >= 0.6 is 23.2 Å². The molecule has 3 aromatic rings. The molecule has 4 rings (SSSR count). The summed E-state index contributed by atoms with van der Waals surface area (Å²) in [5.41, 5.74) is 2.50. The van der Waals surface area contributed by atoms with Gasteiger partial charge in [0.25, 0.3) is 0 Å². The lowest BCUT2D eigenvalue weighted by atomic mass is 10.1. The van der Waals surface area contributed by atoms with Gasteiger partial charge in [-0.3, -0.25) is 0 Å². The van der Waals surface area contributed by atoms with Gasteiger partial charge in [-0.1, -0.05) is 53.5 Å². The molecule has 1 aliphatic heterocycles. The largest absolute Gasteiger partial charge is 0.352 e. The third-order valence-corrected chi connectivity index (χ3v) is 5.52. The predicted octanol–water partition coefficient (Wildman–Crippen LogP) is 4.80. The lowest BCUT2D eigenvalue weighted by Crippen LogP contribution is -2.50. The van der Waals surface area contributed by atoms with Crippen molar-refractivity contribution in [1.29, 1.82) is 0 Å². The Labute approximate surface area is 179 Å². The summed E-state index contributed by atoms with van der Waals surface area (Å²) in [6.45, 7) is 2.56. The van der Waals surface area contributed by atoms with E-state index in [1.165, 1.54) is 0 Å². The smallest absolute Gasteiger partial charge is 0.321 e. The van der Waals surface area contributed by atoms with E-state index >= 15 is 0 Å². The summed E-state index contributed by atoms with van der Waals surface area (Å²) in [6.07, 6.45) is 0. The summed E-state index contributed by atoms with van der Waals surface area (Å²) in [5, 5.41) is 12.4. The molecule has 29 heavy (non-hydrogen) atoms. The second-order valence-corrected chi connectivity index (χ2v) is 7.49. The van der Waals surface area contributed by atoms with Crippen LogP contribution in [0.4, 0.5) is 16.3 Å². The highest BCUT2D eigenvalue weighted by Gasteiger charge is 2.22. The van der Waals surface area contributed by atoms with Gasteiger partial charge in [-0.2, -0.15) is 0 Å². The van der Waals surface area contributed by atoms with Crippen molar-refractivity contribution in [3.05, 3.63) is 70.7 Å². The molecule has 6 nitrogen and oxygen atoms in total. The minimum Gasteiger partial charge on any atom is -0.352 e. The molecule has 0 bridgehead atoms. The molecule has 148 valence electrons. The van der Waals surface area contributed by atoms with Crippen LogP contribution in [0, 0.1) is 0 Å². The average molecular weight is 428 g/mol. The van der Waals surface area contributed by atoms with Crippen LogP contribution in [-0.2, 0) is 0 Å². The van der Waals surface area contributed by atoms with Gasteiger partial charge in [-0.05, 0) is 30.3 Å². The first-order chi connectivity index (χ1) is 14.1. The molecular formula is C21H19Cl2N5O. The van der Waals surface area contributed by atoms with Gasteiger partial charge in [0.05, 0.1) is 15.7 Å². The van der Waals surface area contributed by atoms with Gasteiger partial charge >= 0.3 is 6.03 Å². The number of hydrogen-bond donors (Lipinski definition) is 1. The number of hydrogen-bond acceptors (Lipinski definition) is 4. The highest BCUT2D eigenvalue weighted by molar-refractivity contribution is 6.42. The Hall–Kier alpha value is -2.83. The standard InChI is InChI=1S/C21H19Cl2N5O/c22-17-7-6-16(14-18(17)23)24-21(29)28-12-10-27(11-13-28)20-9-8-19(25-26-20)15-4-2-1-3-5-15/h1-9,14H,10-13H2,(H,24,29). The van der Waals surface area contributed by atoms with Gasteiger partial charge in [0.15, 0.2) is 5.82 Å². The lowest BCUT2D eigenvalue weighted by Gasteiger charge is -2.35. The molecule has 0 radical (unpaired) electrons. The summed E-state index contributed by atoms with van der Waals surface area (Å²) in [4.78, 5) is 16.4. The van der Waals surface area contributed by atoms with Crippen molar-refractivity contribution in [2.75, 3.05) is 36.4 Å². The molecule has 0 aliphatic carbocycles. The molecule has 0 unspecified atom stereocenters. The van der Waals surface area contributed by atoms with E-state index in [1.807, 2.05) is 42.5 Å². The summed E-state index contributed by atoms with van der Waals surface area (Å²) < 4.78 is 0. The molecule has 1 aliphatic rings. The van der Waals surface area contributed by atoms with Crippen molar-refractivity contribution in [1.82, 2.24) is 15.1 Å². The first kappa shape index (κ1) is 19.5. The summed E-state index contributed by atoms with van der Waals surface area (Å²) in [5.74, 6) is 0.814. The fraction of sp³-hybridized carbons (Fsp3) is 0.190. The maximum Gasteiger partial charge on any atom is 0.321 e. The van der Waals surface area contributed by atoms with Crippen molar-refractivity contribution in [3.8, 4) is 11.3 Å². The van der Waals surface area contributed by atoms with E-state index in [-0.39, 0.29) is 6.03 Å². The van der Waals surface area contributed by atoms with Gasteiger partial charge < -0.3 is 15.1 Å². The number of piperazine rings is 1. The number of anilines is 2. The number of rotatable bonds is 3. The third-order valence-electron chi connectivity index (χ3n) is 4.78. The Bertz CT molecular complexity index is 990. The molecule has 1 N–H and O–H groups in total. The zero-order chi connectivity index (χ0) is 20.2. The van der Waals surface area contributed by atoms with Gasteiger partial charge in [0.1, 0.15) is 0 Å². The first-order valence-corrected chi connectivity index (χ1v) is 10.0. The van der Waals surface area contributed by atoms with E-state index in [1.54, 1.807) is 23.1 Å². The average Bonchev–Trinajstić information content (AvgIpc) is 2.77. The van der Waals surface area contributed by atoms with Crippen molar-refractivity contribution < 1.29 is 4.79 Å². The van der Waals surface area contributed by atoms with Gasteiger partial charge in [0.2, 0.25) is 0 Å². The molecule has 1 fully saturated rings. The number of amides is 2. The molecular weight excluding hydrogens is 409 g/mol. The number of carbonyl (C=O) groups excluding carboxylic acids is 1. The SMILES string of the molecule is O=C(Nc1ccc(Cl)c(Cl)c1)N1CCN(c2ccc(-c3ccccc3)nn2)CC1. The zero-order valence-electron chi connectivity index (χ0n) is 15.6. The molecule has 2 amide bonds. The summed E-state index contributed by atoms with van der Waals surface area (Å²) >= 11 is 11.9. The maximum atomic E-state index is 12.5. The van der Waals surface area contributed by atoms with Crippen LogP contribution in [0.5, 0.6) is 0 Å². The second kappa shape index (κ2) is 8.68. The monoisotopic (exact) mass is 427 g/mol. The number of halogens is 2. The Morgan fingerprint density at radius 2 is 1.62 bits per heavy atom. The fourth-order valence-corrected chi connectivity index (χ4v) is 3.47. The second-order valence-electron chi connectivity index (χ2n) is 6.68. The van der Waals surface area contributed by atoms with Gasteiger partial charge in [0, 0.05) is 37.4 Å². The van der Waals surface area contributed by atoms with E-state index in [2.05, 4.69) is 20.4 Å². The van der Waals surface area contributed by atoms with Crippen LogP contribution in [0.1, 0.15) is 0 Å². The lowest BCUT2D eigenvalue weighted by molar-refractivity contribution is 0.208. The number of nitrogens with zero attached hydrogens (tertiary/aromatic N) is 4. The Morgan fingerprint density at radius 1 is 0.862 bits per heavy atom.